The van der Waals surface area contributed by atoms with E-state index in [1.165, 1.54) is 10.4 Å². The van der Waals surface area contributed by atoms with E-state index in [9.17, 15) is 0 Å². The van der Waals surface area contributed by atoms with Crippen LogP contribution < -0.4 is 11.3 Å². The zero-order chi connectivity index (χ0) is 12.7. The topological polar surface area (TPSA) is 77.0 Å². The number of aryl methyl sites for hydroxylation is 2. The lowest BCUT2D eigenvalue weighted by Gasteiger charge is -2.04. The Hall–Kier alpha value is -1.92. The summed E-state index contributed by atoms with van der Waals surface area (Å²) in [6, 6.07) is 1.83. The quantitative estimate of drug-likeness (QED) is 0.547. The van der Waals surface area contributed by atoms with Crippen LogP contribution in [-0.2, 0) is 0 Å². The van der Waals surface area contributed by atoms with Gasteiger partial charge in [-0.05, 0) is 25.5 Å². The zero-order valence-electron chi connectivity index (χ0n) is 10.0. The number of nitrogens with zero attached hydrogens (tertiary/aromatic N) is 2. The first kappa shape index (κ1) is 11.2. The number of hydrogen-bond donors (Lipinski definition) is 2. The van der Waals surface area contributed by atoms with E-state index in [1.54, 1.807) is 23.9 Å². The monoisotopic (exact) mass is 260 g/mol. The third-order valence-corrected chi connectivity index (χ3v) is 4.05. The summed E-state index contributed by atoms with van der Waals surface area (Å²) in [5.41, 5.74) is 4.66. The van der Waals surface area contributed by atoms with Gasteiger partial charge in [0.1, 0.15) is 11.1 Å². The first-order valence-corrected chi connectivity index (χ1v) is 6.29. The number of nitrogens with one attached hydrogen (secondary N) is 1. The van der Waals surface area contributed by atoms with Crippen molar-refractivity contribution in [3.8, 4) is 11.4 Å². The minimum atomic E-state index is 0.616. The van der Waals surface area contributed by atoms with Crippen molar-refractivity contribution >= 4 is 27.4 Å². The molecule has 0 spiro atoms. The largest absolute Gasteiger partial charge is 0.472 e. The first-order valence-electron chi connectivity index (χ1n) is 5.47. The number of nitrogens with two attached hydrogens (primary N) is 1. The molecule has 92 valence electrons. The van der Waals surface area contributed by atoms with Gasteiger partial charge in [0.15, 0.2) is 11.6 Å². The molecule has 5 nitrogen and oxygen atoms in total. The van der Waals surface area contributed by atoms with E-state index < -0.39 is 0 Å². The van der Waals surface area contributed by atoms with Gasteiger partial charge in [-0.15, -0.1) is 11.3 Å². The van der Waals surface area contributed by atoms with Gasteiger partial charge in [0.05, 0.1) is 17.2 Å². The number of aromatic nitrogens is 2. The smallest absolute Gasteiger partial charge is 0.166 e. The molecule has 0 bridgehead atoms. The first-order chi connectivity index (χ1) is 8.70. The molecule has 0 fully saturated rings. The van der Waals surface area contributed by atoms with Crippen LogP contribution in [0.3, 0.4) is 0 Å². The van der Waals surface area contributed by atoms with Crippen LogP contribution in [0.15, 0.2) is 23.0 Å². The molecule has 0 unspecified atom stereocenters. The van der Waals surface area contributed by atoms with E-state index in [0.717, 1.165) is 15.8 Å². The Morgan fingerprint density at radius 3 is 2.83 bits per heavy atom. The molecule has 0 amide bonds. The number of rotatable bonds is 2. The number of nitrogen functional groups attached to an aromatic ring is 1. The van der Waals surface area contributed by atoms with Gasteiger partial charge in [-0.3, -0.25) is 0 Å². The molecule has 0 saturated carbocycles. The van der Waals surface area contributed by atoms with Crippen LogP contribution in [0.25, 0.3) is 21.6 Å². The van der Waals surface area contributed by atoms with Crippen molar-refractivity contribution in [3.63, 3.8) is 0 Å². The van der Waals surface area contributed by atoms with Crippen LogP contribution in [0.4, 0.5) is 5.82 Å². The van der Waals surface area contributed by atoms with Crippen LogP contribution in [0.1, 0.15) is 10.4 Å². The van der Waals surface area contributed by atoms with Crippen molar-refractivity contribution in [3.05, 3.63) is 29.0 Å². The molecule has 3 aromatic rings. The fraction of sp³-hybridized carbons (Fsp3) is 0.167. The lowest BCUT2D eigenvalue weighted by molar-refractivity contribution is 0.568. The molecule has 0 aromatic carbocycles. The van der Waals surface area contributed by atoms with Crippen LogP contribution in [0.2, 0.25) is 0 Å². The highest BCUT2D eigenvalue weighted by molar-refractivity contribution is 7.18. The lowest BCUT2D eigenvalue weighted by atomic mass is 10.2. The molecular weight excluding hydrogens is 248 g/mol. The summed E-state index contributed by atoms with van der Waals surface area (Å²) in [4.78, 5) is 11.2. The third-order valence-electron chi connectivity index (χ3n) is 2.94. The minimum Gasteiger partial charge on any atom is -0.472 e. The zero-order valence-corrected chi connectivity index (χ0v) is 10.8. The van der Waals surface area contributed by atoms with Gasteiger partial charge in [0, 0.05) is 4.88 Å². The summed E-state index contributed by atoms with van der Waals surface area (Å²) in [7, 11) is 0. The summed E-state index contributed by atoms with van der Waals surface area (Å²) < 4.78 is 5.06. The Kier molecular flexibility index (Phi) is 2.53. The third kappa shape index (κ3) is 1.58. The van der Waals surface area contributed by atoms with Crippen molar-refractivity contribution in [2.75, 3.05) is 5.43 Å². The minimum absolute atomic E-state index is 0.616. The fourth-order valence-electron chi connectivity index (χ4n) is 1.87. The molecule has 0 atom stereocenters. The van der Waals surface area contributed by atoms with E-state index in [4.69, 9.17) is 10.3 Å². The maximum atomic E-state index is 5.56. The van der Waals surface area contributed by atoms with Gasteiger partial charge in [0.25, 0.3) is 0 Å². The van der Waals surface area contributed by atoms with Crippen LogP contribution in [0, 0.1) is 13.8 Å². The summed E-state index contributed by atoms with van der Waals surface area (Å²) in [6.07, 6.45) is 3.22. The van der Waals surface area contributed by atoms with E-state index in [2.05, 4.69) is 29.2 Å². The Bertz CT molecular complexity index is 703. The average molecular weight is 260 g/mol. The summed E-state index contributed by atoms with van der Waals surface area (Å²) in [5.74, 6) is 6.82. The van der Waals surface area contributed by atoms with E-state index in [-0.39, 0.29) is 0 Å². The second kappa shape index (κ2) is 4.08. The predicted molar refractivity (Wildman–Crippen MR) is 72.4 cm³/mol. The molecule has 3 aromatic heterocycles. The molecule has 3 N–H and O–H groups in total. The summed E-state index contributed by atoms with van der Waals surface area (Å²) >= 11 is 1.64. The SMILES string of the molecule is Cc1sc2nc(-c3ccoc3)nc(NN)c2c1C. The molecular formula is C12H12N4OS. The van der Waals surface area contributed by atoms with Gasteiger partial charge >= 0.3 is 0 Å². The van der Waals surface area contributed by atoms with Crippen molar-refractivity contribution in [1.29, 1.82) is 0 Å². The highest BCUT2D eigenvalue weighted by Gasteiger charge is 2.15. The van der Waals surface area contributed by atoms with E-state index >= 15 is 0 Å². The molecule has 0 saturated heterocycles. The summed E-state index contributed by atoms with van der Waals surface area (Å²) in [6.45, 7) is 4.12. The van der Waals surface area contributed by atoms with Crippen molar-refractivity contribution < 1.29 is 4.42 Å². The molecule has 6 heteroatoms. The number of fused-ring (bicyclic) bond motifs is 1. The van der Waals surface area contributed by atoms with Gasteiger partial charge in [-0.25, -0.2) is 15.8 Å². The Labute approximate surface area is 108 Å². The van der Waals surface area contributed by atoms with Gasteiger partial charge in [-0.1, -0.05) is 0 Å². The maximum absolute atomic E-state index is 5.56. The fourth-order valence-corrected chi connectivity index (χ4v) is 2.90. The molecule has 0 aliphatic heterocycles. The molecule has 3 rings (SSSR count). The van der Waals surface area contributed by atoms with Gasteiger partial charge in [0.2, 0.25) is 0 Å². The second-order valence-corrected chi connectivity index (χ2v) is 5.22. The average Bonchev–Trinajstić information content (AvgIpc) is 2.98. The number of thiophene rings is 1. The van der Waals surface area contributed by atoms with Gasteiger partial charge < -0.3 is 9.84 Å². The molecule has 0 aliphatic carbocycles. The number of hydrogen-bond acceptors (Lipinski definition) is 6. The summed E-state index contributed by atoms with van der Waals surface area (Å²) in [5, 5.41) is 0.993. The van der Waals surface area contributed by atoms with Crippen LogP contribution in [0.5, 0.6) is 0 Å². The highest BCUT2D eigenvalue weighted by Crippen LogP contribution is 2.34. The Morgan fingerprint density at radius 1 is 1.33 bits per heavy atom. The number of anilines is 1. The Morgan fingerprint density at radius 2 is 2.17 bits per heavy atom. The lowest BCUT2D eigenvalue weighted by Crippen LogP contribution is -2.10. The second-order valence-electron chi connectivity index (χ2n) is 4.02. The normalized spacial score (nSPS) is 11.1. The van der Waals surface area contributed by atoms with Crippen molar-refractivity contribution in [2.45, 2.75) is 13.8 Å². The number of furan rings is 1. The highest BCUT2D eigenvalue weighted by atomic mass is 32.1. The maximum Gasteiger partial charge on any atom is 0.166 e. The van der Waals surface area contributed by atoms with Crippen molar-refractivity contribution in [1.82, 2.24) is 9.97 Å². The Balaban J connectivity index is 2.32. The van der Waals surface area contributed by atoms with Crippen LogP contribution in [-0.4, -0.2) is 9.97 Å². The van der Waals surface area contributed by atoms with E-state index in [1.807, 2.05) is 6.07 Å². The standard InChI is InChI=1S/C12H12N4OS/c1-6-7(2)18-12-9(6)11(16-13)14-10(15-12)8-3-4-17-5-8/h3-5H,13H2,1-2H3,(H,14,15,16). The number of hydrazine groups is 1. The molecule has 0 aliphatic rings. The molecule has 3 heterocycles. The molecule has 18 heavy (non-hydrogen) atoms. The van der Waals surface area contributed by atoms with Crippen LogP contribution >= 0.6 is 11.3 Å². The predicted octanol–water partition coefficient (Wildman–Crippen LogP) is 2.85. The van der Waals surface area contributed by atoms with Crippen molar-refractivity contribution in [2.24, 2.45) is 5.84 Å². The van der Waals surface area contributed by atoms with Gasteiger partial charge in [-0.2, -0.15) is 0 Å². The molecule has 0 radical (unpaired) electrons. The van der Waals surface area contributed by atoms with E-state index in [0.29, 0.717) is 11.6 Å².